The van der Waals surface area contributed by atoms with E-state index in [4.69, 9.17) is 4.74 Å². The molecule has 1 saturated heterocycles. The Hall–Kier alpha value is -1.55. The molecule has 1 fully saturated rings. The fourth-order valence-electron chi connectivity index (χ4n) is 3.32. The molecule has 0 aromatic heterocycles. The average molecular weight is 302 g/mol. The predicted octanol–water partition coefficient (Wildman–Crippen LogP) is 2.11. The minimum Gasteiger partial charge on any atom is -0.481 e. The number of amides is 1. The van der Waals surface area contributed by atoms with Gasteiger partial charge in [0.25, 0.3) is 5.91 Å². The van der Waals surface area contributed by atoms with E-state index in [1.165, 1.54) is 30.4 Å². The minimum absolute atomic E-state index is 0.103. The van der Waals surface area contributed by atoms with Crippen LogP contribution in [0.15, 0.2) is 18.2 Å². The number of aryl methyl sites for hydroxylation is 2. The lowest BCUT2D eigenvalue weighted by atomic mass is 9.92. The number of nitrogens with zero attached hydrogens (tertiary/aromatic N) is 2. The van der Waals surface area contributed by atoms with E-state index < -0.39 is 6.10 Å². The summed E-state index contributed by atoms with van der Waals surface area (Å²) in [5.74, 6) is 0.932. The highest BCUT2D eigenvalue weighted by atomic mass is 16.5. The first-order valence-electron chi connectivity index (χ1n) is 8.39. The Labute approximate surface area is 133 Å². The number of fused-ring (bicyclic) bond motifs is 1. The Bertz CT molecular complexity index is 536. The van der Waals surface area contributed by atoms with Gasteiger partial charge >= 0.3 is 0 Å². The van der Waals surface area contributed by atoms with Crippen LogP contribution in [0.2, 0.25) is 0 Å². The number of piperazine rings is 1. The number of hydrogen-bond acceptors (Lipinski definition) is 3. The van der Waals surface area contributed by atoms with Gasteiger partial charge in [-0.2, -0.15) is 0 Å². The molecule has 0 bridgehead atoms. The second-order valence-electron chi connectivity index (χ2n) is 6.53. The molecule has 0 spiro atoms. The average Bonchev–Trinajstić information content (AvgIpc) is 2.55. The van der Waals surface area contributed by atoms with Crippen molar-refractivity contribution >= 4 is 5.91 Å². The Balaban J connectivity index is 1.61. The van der Waals surface area contributed by atoms with Crippen molar-refractivity contribution in [3.8, 4) is 5.75 Å². The van der Waals surface area contributed by atoms with Crippen molar-refractivity contribution in [2.45, 2.75) is 38.7 Å². The maximum Gasteiger partial charge on any atom is 0.263 e. The van der Waals surface area contributed by atoms with Crippen LogP contribution in [0, 0.1) is 0 Å². The van der Waals surface area contributed by atoms with Crippen LogP contribution in [0.4, 0.5) is 0 Å². The van der Waals surface area contributed by atoms with Gasteiger partial charge in [0.1, 0.15) is 5.75 Å². The molecule has 22 heavy (non-hydrogen) atoms. The summed E-state index contributed by atoms with van der Waals surface area (Å²) < 4.78 is 5.92. The summed E-state index contributed by atoms with van der Waals surface area (Å²) in [5, 5.41) is 0. The number of rotatable bonds is 3. The summed E-state index contributed by atoms with van der Waals surface area (Å²) in [6.07, 6.45) is 4.43. The zero-order valence-electron chi connectivity index (χ0n) is 13.7. The Morgan fingerprint density at radius 3 is 2.50 bits per heavy atom. The predicted molar refractivity (Wildman–Crippen MR) is 87.3 cm³/mol. The number of carbonyl (C=O) groups excluding carboxylic acids is 1. The molecule has 1 aromatic carbocycles. The largest absolute Gasteiger partial charge is 0.481 e. The number of carbonyl (C=O) groups is 1. The van der Waals surface area contributed by atoms with E-state index in [1.54, 1.807) is 0 Å². The van der Waals surface area contributed by atoms with Gasteiger partial charge in [-0.05, 0) is 62.9 Å². The Kier molecular flexibility index (Phi) is 4.67. The summed E-state index contributed by atoms with van der Waals surface area (Å²) in [7, 11) is 2.09. The molecule has 3 rings (SSSR count). The van der Waals surface area contributed by atoms with Crippen LogP contribution in [-0.4, -0.2) is 55.0 Å². The van der Waals surface area contributed by atoms with Crippen molar-refractivity contribution in [2.24, 2.45) is 0 Å². The van der Waals surface area contributed by atoms with E-state index >= 15 is 0 Å². The molecular weight excluding hydrogens is 276 g/mol. The molecule has 1 heterocycles. The molecule has 120 valence electrons. The zero-order valence-corrected chi connectivity index (χ0v) is 13.7. The standard InChI is InChI=1S/C18H26N2O2/c1-14(18(21)20-11-9-19(2)10-12-20)22-17-8-7-15-5-3-4-6-16(15)13-17/h7-8,13-14H,3-6,9-12H2,1-2H3. The molecule has 1 unspecified atom stereocenters. The quantitative estimate of drug-likeness (QED) is 0.857. The third-order valence-corrected chi connectivity index (χ3v) is 4.80. The van der Waals surface area contributed by atoms with E-state index in [2.05, 4.69) is 24.1 Å². The monoisotopic (exact) mass is 302 g/mol. The second kappa shape index (κ2) is 6.69. The molecule has 1 aliphatic heterocycles. The summed E-state index contributed by atoms with van der Waals surface area (Å²) in [4.78, 5) is 16.6. The van der Waals surface area contributed by atoms with E-state index in [-0.39, 0.29) is 5.91 Å². The first-order valence-corrected chi connectivity index (χ1v) is 8.39. The van der Waals surface area contributed by atoms with Crippen LogP contribution >= 0.6 is 0 Å². The number of hydrogen-bond donors (Lipinski definition) is 0. The highest BCUT2D eigenvalue weighted by Crippen LogP contribution is 2.26. The Morgan fingerprint density at radius 1 is 1.09 bits per heavy atom. The third kappa shape index (κ3) is 3.43. The van der Waals surface area contributed by atoms with Crippen molar-refractivity contribution in [2.75, 3.05) is 33.2 Å². The highest BCUT2D eigenvalue weighted by molar-refractivity contribution is 5.81. The molecule has 4 nitrogen and oxygen atoms in total. The fourth-order valence-corrected chi connectivity index (χ4v) is 3.32. The van der Waals surface area contributed by atoms with Crippen molar-refractivity contribution < 1.29 is 9.53 Å². The van der Waals surface area contributed by atoms with Gasteiger partial charge in [-0.15, -0.1) is 0 Å². The molecule has 0 saturated carbocycles. The van der Waals surface area contributed by atoms with E-state index in [1.807, 2.05) is 17.9 Å². The zero-order chi connectivity index (χ0) is 15.5. The second-order valence-corrected chi connectivity index (χ2v) is 6.53. The summed E-state index contributed by atoms with van der Waals surface area (Å²) in [6.45, 7) is 5.34. The lowest BCUT2D eigenvalue weighted by molar-refractivity contribution is -0.139. The smallest absolute Gasteiger partial charge is 0.263 e. The van der Waals surface area contributed by atoms with Crippen LogP contribution in [-0.2, 0) is 17.6 Å². The molecule has 1 aromatic rings. The molecule has 1 amide bonds. The van der Waals surface area contributed by atoms with Gasteiger partial charge in [0.15, 0.2) is 6.10 Å². The SMILES string of the molecule is CC(Oc1ccc2c(c1)CCCC2)C(=O)N1CCN(C)CC1. The maximum absolute atomic E-state index is 12.5. The first kappa shape index (κ1) is 15.3. The minimum atomic E-state index is -0.412. The van der Waals surface area contributed by atoms with Crippen LogP contribution in [0.25, 0.3) is 0 Å². The highest BCUT2D eigenvalue weighted by Gasteiger charge is 2.25. The molecule has 2 aliphatic rings. The van der Waals surface area contributed by atoms with Gasteiger partial charge in [-0.1, -0.05) is 6.07 Å². The number of benzene rings is 1. The lowest BCUT2D eigenvalue weighted by Crippen LogP contribution is -2.50. The summed E-state index contributed by atoms with van der Waals surface area (Å²) in [5.41, 5.74) is 2.83. The third-order valence-electron chi connectivity index (χ3n) is 4.80. The van der Waals surface area contributed by atoms with Crippen LogP contribution in [0.1, 0.15) is 30.9 Å². The lowest BCUT2D eigenvalue weighted by Gasteiger charge is -2.34. The van der Waals surface area contributed by atoms with Gasteiger partial charge in [-0.25, -0.2) is 0 Å². The molecule has 1 aliphatic carbocycles. The molecule has 4 heteroatoms. The molecule has 0 radical (unpaired) electrons. The van der Waals surface area contributed by atoms with Gasteiger partial charge in [0, 0.05) is 26.2 Å². The van der Waals surface area contributed by atoms with Crippen LogP contribution in [0.5, 0.6) is 5.75 Å². The maximum atomic E-state index is 12.5. The first-order chi connectivity index (χ1) is 10.6. The van der Waals surface area contributed by atoms with Crippen molar-refractivity contribution in [3.05, 3.63) is 29.3 Å². The van der Waals surface area contributed by atoms with Crippen LogP contribution in [0.3, 0.4) is 0 Å². The van der Waals surface area contributed by atoms with Crippen LogP contribution < -0.4 is 4.74 Å². The van der Waals surface area contributed by atoms with E-state index in [9.17, 15) is 4.79 Å². The van der Waals surface area contributed by atoms with Crippen molar-refractivity contribution in [1.82, 2.24) is 9.80 Å². The van der Waals surface area contributed by atoms with Gasteiger partial charge in [0.2, 0.25) is 0 Å². The number of likely N-dealkylation sites (N-methyl/N-ethyl adjacent to an activating group) is 1. The Morgan fingerprint density at radius 2 is 1.77 bits per heavy atom. The normalized spacial score (nSPS) is 20.4. The fraction of sp³-hybridized carbons (Fsp3) is 0.611. The summed E-state index contributed by atoms with van der Waals surface area (Å²) >= 11 is 0. The van der Waals surface area contributed by atoms with Gasteiger partial charge in [0.05, 0.1) is 0 Å². The van der Waals surface area contributed by atoms with Gasteiger partial charge < -0.3 is 14.5 Å². The molecular formula is C18H26N2O2. The van der Waals surface area contributed by atoms with E-state index in [0.29, 0.717) is 0 Å². The van der Waals surface area contributed by atoms with Crippen molar-refractivity contribution in [1.29, 1.82) is 0 Å². The van der Waals surface area contributed by atoms with Crippen molar-refractivity contribution in [3.63, 3.8) is 0 Å². The van der Waals surface area contributed by atoms with E-state index in [0.717, 1.165) is 38.3 Å². The molecule has 1 atom stereocenters. The van der Waals surface area contributed by atoms with Gasteiger partial charge in [-0.3, -0.25) is 4.79 Å². The topological polar surface area (TPSA) is 32.8 Å². The molecule has 0 N–H and O–H groups in total. The number of ether oxygens (including phenoxy) is 1. The summed E-state index contributed by atoms with van der Waals surface area (Å²) in [6, 6.07) is 6.30.